The van der Waals surface area contributed by atoms with Crippen molar-refractivity contribution >= 4 is 22.4 Å². The van der Waals surface area contributed by atoms with E-state index < -0.39 is 0 Å². The zero-order chi connectivity index (χ0) is 16.7. The number of thiazole rings is 1. The Morgan fingerprint density at radius 1 is 1.00 bits per heavy atom. The van der Waals surface area contributed by atoms with Gasteiger partial charge in [-0.25, -0.2) is 4.40 Å². The van der Waals surface area contributed by atoms with E-state index in [0.29, 0.717) is 15.3 Å². The van der Waals surface area contributed by atoms with Crippen molar-refractivity contribution in [3.63, 3.8) is 0 Å². The van der Waals surface area contributed by atoms with Crippen LogP contribution in [0.5, 0.6) is 0 Å². The molecule has 0 unspecified atom stereocenters. The van der Waals surface area contributed by atoms with Gasteiger partial charge >= 0.3 is 0 Å². The van der Waals surface area contributed by atoms with E-state index in [0.717, 1.165) is 16.7 Å². The molecule has 0 aliphatic rings. The summed E-state index contributed by atoms with van der Waals surface area (Å²) in [5, 5.41) is 8.37. The number of fused-ring (bicyclic) bond motifs is 1. The third-order valence-corrected chi connectivity index (χ3v) is 4.86. The normalized spacial score (nSPS) is 12.2. The molecule has 0 fully saturated rings. The maximum atomic E-state index is 12.8. The maximum Gasteiger partial charge on any atom is 0.276 e. The first-order valence-corrected chi connectivity index (χ1v) is 8.47. The van der Waals surface area contributed by atoms with Gasteiger partial charge in [0.1, 0.15) is 0 Å². The Kier molecular flexibility index (Phi) is 3.50. The van der Waals surface area contributed by atoms with Crippen LogP contribution in [0.25, 0.3) is 22.4 Å². The standard InChI is InChI=1S/C19H15N3OS/c1-12-6-8-14(9-7-12)11-16-18(23)22-17(20-21-19(22)24-16)15-5-3-4-13(2)10-15/h3-11H,1-2H3/b16-11-. The third-order valence-electron chi connectivity index (χ3n) is 3.90. The van der Waals surface area contributed by atoms with Gasteiger partial charge in [-0.05, 0) is 31.6 Å². The minimum absolute atomic E-state index is 0.0721. The number of hydrogen-bond donors (Lipinski definition) is 0. The van der Waals surface area contributed by atoms with E-state index in [1.54, 1.807) is 4.40 Å². The molecule has 0 bridgehead atoms. The van der Waals surface area contributed by atoms with Crippen molar-refractivity contribution in [3.05, 3.63) is 80.1 Å². The van der Waals surface area contributed by atoms with E-state index in [1.807, 2.05) is 68.5 Å². The Hall–Kier alpha value is -2.79. The Morgan fingerprint density at radius 3 is 2.54 bits per heavy atom. The number of rotatable bonds is 2. The lowest BCUT2D eigenvalue weighted by Gasteiger charge is -1.98. The summed E-state index contributed by atoms with van der Waals surface area (Å²) < 4.78 is 2.26. The van der Waals surface area contributed by atoms with Crippen molar-refractivity contribution in [1.29, 1.82) is 0 Å². The van der Waals surface area contributed by atoms with Gasteiger partial charge in [0.15, 0.2) is 5.82 Å². The Balaban J connectivity index is 1.91. The second-order valence-electron chi connectivity index (χ2n) is 5.84. The predicted octanol–water partition coefficient (Wildman–Crippen LogP) is 2.98. The fraction of sp³-hybridized carbons (Fsp3) is 0.105. The molecule has 24 heavy (non-hydrogen) atoms. The van der Waals surface area contributed by atoms with E-state index in [-0.39, 0.29) is 5.56 Å². The molecule has 2 aromatic carbocycles. The molecule has 0 spiro atoms. The van der Waals surface area contributed by atoms with E-state index in [2.05, 4.69) is 10.2 Å². The van der Waals surface area contributed by atoms with Gasteiger partial charge in [-0.15, -0.1) is 10.2 Å². The molecular formula is C19H15N3OS. The largest absolute Gasteiger partial charge is 0.276 e. The minimum Gasteiger partial charge on any atom is -0.267 e. The number of benzene rings is 2. The highest BCUT2D eigenvalue weighted by Crippen LogP contribution is 2.18. The summed E-state index contributed by atoms with van der Waals surface area (Å²) in [7, 11) is 0. The van der Waals surface area contributed by atoms with Crippen LogP contribution in [0.4, 0.5) is 0 Å². The molecular weight excluding hydrogens is 318 g/mol. The van der Waals surface area contributed by atoms with Crippen molar-refractivity contribution in [1.82, 2.24) is 14.6 Å². The Bertz CT molecular complexity index is 1140. The van der Waals surface area contributed by atoms with Gasteiger partial charge in [-0.3, -0.25) is 4.79 Å². The summed E-state index contributed by atoms with van der Waals surface area (Å²) in [5.74, 6) is 0.596. The van der Waals surface area contributed by atoms with Gasteiger partial charge in [0.25, 0.3) is 5.56 Å². The van der Waals surface area contributed by atoms with Gasteiger partial charge in [0, 0.05) is 5.56 Å². The van der Waals surface area contributed by atoms with Crippen molar-refractivity contribution < 1.29 is 0 Å². The highest BCUT2D eigenvalue weighted by molar-refractivity contribution is 7.15. The van der Waals surface area contributed by atoms with E-state index in [1.165, 1.54) is 16.9 Å². The first kappa shape index (κ1) is 14.8. The molecule has 0 saturated carbocycles. The zero-order valence-electron chi connectivity index (χ0n) is 13.4. The van der Waals surface area contributed by atoms with Crippen LogP contribution in [0, 0.1) is 13.8 Å². The van der Waals surface area contributed by atoms with Crippen molar-refractivity contribution in [2.75, 3.05) is 0 Å². The Morgan fingerprint density at radius 2 is 1.79 bits per heavy atom. The number of aromatic nitrogens is 3. The summed E-state index contributed by atoms with van der Waals surface area (Å²) in [6, 6.07) is 16.0. The van der Waals surface area contributed by atoms with Crippen molar-refractivity contribution in [2.45, 2.75) is 13.8 Å². The topological polar surface area (TPSA) is 47.3 Å². The summed E-state index contributed by atoms with van der Waals surface area (Å²) >= 11 is 1.36. The van der Waals surface area contributed by atoms with Crippen LogP contribution in [0.2, 0.25) is 0 Å². The molecule has 4 aromatic rings. The van der Waals surface area contributed by atoms with Crippen molar-refractivity contribution in [2.24, 2.45) is 0 Å². The summed E-state index contributed by atoms with van der Waals surface area (Å²) in [6.45, 7) is 4.06. The number of nitrogens with zero attached hydrogens (tertiary/aromatic N) is 3. The van der Waals surface area contributed by atoms with Crippen LogP contribution in [0.15, 0.2) is 53.3 Å². The van der Waals surface area contributed by atoms with Gasteiger partial charge in [0.05, 0.1) is 4.53 Å². The second kappa shape index (κ2) is 5.69. The maximum absolute atomic E-state index is 12.8. The highest BCUT2D eigenvalue weighted by Gasteiger charge is 2.14. The molecule has 0 N–H and O–H groups in total. The molecule has 2 heterocycles. The lowest BCUT2D eigenvalue weighted by atomic mass is 10.1. The highest BCUT2D eigenvalue weighted by atomic mass is 32.1. The SMILES string of the molecule is Cc1ccc(/C=c2\sc3nnc(-c4cccc(C)c4)n3c2=O)cc1. The molecule has 4 nitrogen and oxygen atoms in total. The van der Waals surface area contributed by atoms with Crippen LogP contribution in [0.1, 0.15) is 16.7 Å². The van der Waals surface area contributed by atoms with Gasteiger partial charge < -0.3 is 0 Å². The summed E-state index contributed by atoms with van der Waals surface area (Å²) in [6.07, 6.45) is 1.90. The van der Waals surface area contributed by atoms with Gasteiger partial charge in [-0.2, -0.15) is 0 Å². The first-order chi connectivity index (χ1) is 11.6. The third kappa shape index (κ3) is 2.53. The fourth-order valence-corrected chi connectivity index (χ4v) is 3.56. The molecule has 4 rings (SSSR count). The monoisotopic (exact) mass is 333 g/mol. The summed E-state index contributed by atoms with van der Waals surface area (Å²) in [4.78, 5) is 13.4. The predicted molar refractivity (Wildman–Crippen MR) is 97.3 cm³/mol. The zero-order valence-corrected chi connectivity index (χ0v) is 14.2. The van der Waals surface area contributed by atoms with E-state index in [9.17, 15) is 4.79 Å². The molecule has 0 aliphatic heterocycles. The van der Waals surface area contributed by atoms with Crippen LogP contribution in [-0.2, 0) is 0 Å². The first-order valence-electron chi connectivity index (χ1n) is 7.65. The fourth-order valence-electron chi connectivity index (χ4n) is 2.65. The van der Waals surface area contributed by atoms with E-state index >= 15 is 0 Å². The van der Waals surface area contributed by atoms with Crippen molar-refractivity contribution in [3.8, 4) is 11.4 Å². The molecule has 0 aliphatic carbocycles. The number of hydrogen-bond acceptors (Lipinski definition) is 4. The van der Waals surface area contributed by atoms with Crippen LogP contribution in [0.3, 0.4) is 0 Å². The second-order valence-corrected chi connectivity index (χ2v) is 6.85. The lowest BCUT2D eigenvalue weighted by Crippen LogP contribution is -2.23. The average molecular weight is 333 g/mol. The van der Waals surface area contributed by atoms with Gasteiger partial charge in [0.2, 0.25) is 4.96 Å². The molecule has 118 valence electrons. The van der Waals surface area contributed by atoms with Crippen LogP contribution in [-0.4, -0.2) is 14.6 Å². The summed E-state index contributed by atoms with van der Waals surface area (Å²) in [5.41, 5.74) is 4.16. The quantitative estimate of drug-likeness (QED) is 0.566. The van der Waals surface area contributed by atoms with Crippen LogP contribution >= 0.6 is 11.3 Å². The number of aryl methyl sites for hydroxylation is 2. The lowest BCUT2D eigenvalue weighted by molar-refractivity contribution is 1.09. The van der Waals surface area contributed by atoms with Crippen LogP contribution < -0.4 is 10.1 Å². The molecule has 0 amide bonds. The smallest absolute Gasteiger partial charge is 0.267 e. The molecule has 5 heteroatoms. The average Bonchev–Trinajstić information content (AvgIpc) is 3.11. The molecule has 0 radical (unpaired) electrons. The van der Waals surface area contributed by atoms with Gasteiger partial charge in [-0.1, -0.05) is 64.9 Å². The Labute approximate surface area is 142 Å². The molecule has 0 atom stereocenters. The molecule has 0 saturated heterocycles. The van der Waals surface area contributed by atoms with E-state index in [4.69, 9.17) is 0 Å². The minimum atomic E-state index is -0.0721. The molecule has 2 aromatic heterocycles.